The summed E-state index contributed by atoms with van der Waals surface area (Å²) in [5, 5.41) is 0. The van der Waals surface area contributed by atoms with Gasteiger partial charge in [0.2, 0.25) is 0 Å². The van der Waals surface area contributed by atoms with Gasteiger partial charge in [0.25, 0.3) is 5.56 Å². The molecule has 1 aromatic carbocycles. The molecule has 6 nitrogen and oxygen atoms in total. The van der Waals surface area contributed by atoms with E-state index in [1.165, 1.54) is 10.5 Å². The van der Waals surface area contributed by atoms with E-state index in [9.17, 15) is 9.59 Å². The van der Waals surface area contributed by atoms with E-state index in [4.69, 9.17) is 9.47 Å². The first-order valence-corrected chi connectivity index (χ1v) is 8.83. The van der Waals surface area contributed by atoms with E-state index in [1.807, 2.05) is 13.8 Å². The van der Waals surface area contributed by atoms with Gasteiger partial charge in [-0.3, -0.25) is 9.20 Å². The van der Waals surface area contributed by atoms with Gasteiger partial charge in [-0.25, -0.2) is 9.78 Å². The Morgan fingerprint density at radius 2 is 1.92 bits per heavy atom. The van der Waals surface area contributed by atoms with Gasteiger partial charge in [0.05, 0.1) is 17.4 Å². The zero-order valence-electron chi connectivity index (χ0n) is 14.3. The smallest absolute Gasteiger partial charge is 0.338 e. The Morgan fingerprint density at radius 1 is 1.19 bits per heavy atom. The van der Waals surface area contributed by atoms with E-state index in [-0.39, 0.29) is 18.3 Å². The third-order valence-corrected chi connectivity index (χ3v) is 3.96. The molecule has 2 heterocycles. The predicted molar refractivity (Wildman–Crippen MR) is 100 cm³/mol. The van der Waals surface area contributed by atoms with Crippen LogP contribution in [0.2, 0.25) is 0 Å². The number of aromatic nitrogens is 2. The molecule has 7 heteroatoms. The monoisotopic (exact) mass is 416 g/mol. The highest BCUT2D eigenvalue weighted by Crippen LogP contribution is 2.15. The minimum absolute atomic E-state index is 0.0616. The van der Waals surface area contributed by atoms with Gasteiger partial charge in [0, 0.05) is 16.7 Å². The molecule has 0 aliphatic carbocycles. The fourth-order valence-electron chi connectivity index (χ4n) is 2.36. The van der Waals surface area contributed by atoms with E-state index in [0.717, 1.165) is 4.47 Å². The van der Waals surface area contributed by atoms with Crippen LogP contribution >= 0.6 is 15.9 Å². The normalized spacial score (nSPS) is 10.9. The lowest BCUT2D eigenvalue weighted by Crippen LogP contribution is -2.16. The van der Waals surface area contributed by atoms with Gasteiger partial charge < -0.3 is 9.47 Å². The molecule has 0 bridgehead atoms. The van der Waals surface area contributed by atoms with Crippen LogP contribution in [0.15, 0.2) is 57.9 Å². The molecule has 0 amide bonds. The number of pyridine rings is 1. The summed E-state index contributed by atoms with van der Waals surface area (Å²) in [6, 6.07) is 11.6. The van der Waals surface area contributed by atoms with Crippen LogP contribution < -0.4 is 10.3 Å². The number of benzene rings is 1. The maximum atomic E-state index is 12.2. The summed E-state index contributed by atoms with van der Waals surface area (Å²) in [5.74, 6) is 0.200. The molecule has 2 aromatic heterocycles. The number of ether oxygens (including phenoxy) is 2. The van der Waals surface area contributed by atoms with Crippen molar-refractivity contribution in [2.75, 3.05) is 0 Å². The van der Waals surface area contributed by atoms with E-state index in [0.29, 0.717) is 22.7 Å². The molecule has 26 heavy (non-hydrogen) atoms. The Bertz CT molecular complexity index is 997. The van der Waals surface area contributed by atoms with Crippen LogP contribution in [-0.4, -0.2) is 21.5 Å². The Hall–Kier alpha value is -2.67. The summed E-state index contributed by atoms with van der Waals surface area (Å²) in [6.45, 7) is 3.78. The van der Waals surface area contributed by atoms with Crippen molar-refractivity contribution in [2.45, 2.75) is 26.6 Å². The van der Waals surface area contributed by atoms with Crippen molar-refractivity contribution in [3.05, 3.63) is 74.7 Å². The maximum Gasteiger partial charge on any atom is 0.338 e. The van der Waals surface area contributed by atoms with E-state index < -0.39 is 5.97 Å². The highest BCUT2D eigenvalue weighted by molar-refractivity contribution is 9.10. The van der Waals surface area contributed by atoms with Crippen molar-refractivity contribution in [3.63, 3.8) is 0 Å². The molecular weight excluding hydrogens is 400 g/mol. The molecule has 0 saturated carbocycles. The first-order chi connectivity index (χ1) is 12.4. The second-order valence-electron chi connectivity index (χ2n) is 5.93. The number of nitrogens with zero attached hydrogens (tertiary/aromatic N) is 2. The predicted octanol–water partition coefficient (Wildman–Crippen LogP) is 3.60. The van der Waals surface area contributed by atoms with Crippen molar-refractivity contribution in [3.8, 4) is 5.75 Å². The molecule has 0 fully saturated rings. The quantitative estimate of drug-likeness (QED) is 0.594. The number of halogens is 1. The lowest BCUT2D eigenvalue weighted by Gasteiger charge is -2.10. The van der Waals surface area contributed by atoms with Crippen LogP contribution in [0, 0.1) is 0 Å². The van der Waals surface area contributed by atoms with E-state index in [2.05, 4.69) is 20.9 Å². The number of esters is 1. The van der Waals surface area contributed by atoms with Gasteiger partial charge in [0.15, 0.2) is 0 Å². The second-order valence-corrected chi connectivity index (χ2v) is 6.84. The summed E-state index contributed by atoms with van der Waals surface area (Å²) < 4.78 is 13.0. The molecule has 0 saturated heterocycles. The van der Waals surface area contributed by atoms with Crippen molar-refractivity contribution >= 4 is 27.5 Å². The molecule has 0 atom stereocenters. The van der Waals surface area contributed by atoms with E-state index >= 15 is 0 Å². The largest absolute Gasteiger partial charge is 0.491 e. The standard InChI is InChI=1S/C19H17BrN2O4/c1-12(2)26-16-6-3-13(4-7-16)19(24)25-11-15-9-18(23)22-10-14(20)5-8-17(22)21-15/h3-10,12H,11H2,1-2H3. The Morgan fingerprint density at radius 3 is 2.62 bits per heavy atom. The molecule has 3 aromatic rings. The Kier molecular flexibility index (Phi) is 5.37. The summed E-state index contributed by atoms with van der Waals surface area (Å²) in [4.78, 5) is 28.6. The van der Waals surface area contributed by atoms with Crippen LogP contribution in [0.3, 0.4) is 0 Å². The topological polar surface area (TPSA) is 69.9 Å². The van der Waals surface area contributed by atoms with Crippen LogP contribution in [0.25, 0.3) is 5.65 Å². The number of rotatable bonds is 5. The average Bonchev–Trinajstić information content (AvgIpc) is 2.60. The molecule has 134 valence electrons. The second kappa shape index (κ2) is 7.70. The summed E-state index contributed by atoms with van der Waals surface area (Å²) in [7, 11) is 0. The van der Waals surface area contributed by atoms with Crippen LogP contribution in [0.1, 0.15) is 29.9 Å². The van der Waals surface area contributed by atoms with Crippen molar-refractivity contribution in [1.29, 1.82) is 0 Å². The summed E-state index contributed by atoms with van der Waals surface area (Å²) in [5.41, 5.74) is 1.05. The molecule has 0 aliphatic heterocycles. The van der Waals surface area contributed by atoms with Crippen molar-refractivity contribution in [2.24, 2.45) is 0 Å². The van der Waals surface area contributed by atoms with E-state index in [1.54, 1.807) is 42.6 Å². The van der Waals surface area contributed by atoms with Crippen LogP contribution in [-0.2, 0) is 11.3 Å². The molecule has 0 aliphatic rings. The molecule has 0 spiro atoms. The number of hydrogen-bond acceptors (Lipinski definition) is 5. The minimum atomic E-state index is -0.487. The number of carbonyl (C=O) groups excluding carboxylic acids is 1. The van der Waals surface area contributed by atoms with Crippen molar-refractivity contribution < 1.29 is 14.3 Å². The summed E-state index contributed by atoms with van der Waals surface area (Å²) in [6.07, 6.45) is 1.70. The first-order valence-electron chi connectivity index (χ1n) is 8.04. The molecule has 0 unspecified atom stereocenters. The number of carbonyl (C=O) groups is 1. The first kappa shape index (κ1) is 18.1. The lowest BCUT2D eigenvalue weighted by molar-refractivity contribution is 0.0467. The average molecular weight is 417 g/mol. The summed E-state index contributed by atoms with van der Waals surface area (Å²) >= 11 is 3.31. The minimum Gasteiger partial charge on any atom is -0.491 e. The number of fused-ring (bicyclic) bond motifs is 1. The maximum absolute atomic E-state index is 12.2. The van der Waals surface area contributed by atoms with Crippen molar-refractivity contribution in [1.82, 2.24) is 9.38 Å². The zero-order valence-corrected chi connectivity index (χ0v) is 15.9. The fraction of sp³-hybridized carbons (Fsp3) is 0.211. The zero-order chi connectivity index (χ0) is 18.7. The van der Waals surface area contributed by atoms with Gasteiger partial charge in [0.1, 0.15) is 18.0 Å². The highest BCUT2D eigenvalue weighted by Gasteiger charge is 2.10. The van der Waals surface area contributed by atoms with Gasteiger partial charge >= 0.3 is 5.97 Å². The Balaban J connectivity index is 1.70. The number of hydrogen-bond donors (Lipinski definition) is 0. The van der Waals surface area contributed by atoms with Gasteiger partial charge in [-0.2, -0.15) is 0 Å². The molecule has 3 rings (SSSR count). The molecular formula is C19H17BrN2O4. The SMILES string of the molecule is CC(C)Oc1ccc(C(=O)OCc2cc(=O)n3cc(Br)ccc3n2)cc1. The van der Waals surface area contributed by atoms with Crippen LogP contribution in [0.4, 0.5) is 0 Å². The fourth-order valence-corrected chi connectivity index (χ4v) is 2.70. The lowest BCUT2D eigenvalue weighted by atomic mass is 10.2. The van der Waals surface area contributed by atoms with Crippen LogP contribution in [0.5, 0.6) is 5.75 Å². The third kappa shape index (κ3) is 4.29. The van der Waals surface area contributed by atoms with Gasteiger partial charge in [-0.1, -0.05) is 0 Å². The highest BCUT2D eigenvalue weighted by atomic mass is 79.9. The van der Waals surface area contributed by atoms with Gasteiger partial charge in [-0.15, -0.1) is 0 Å². The molecule has 0 N–H and O–H groups in total. The van der Waals surface area contributed by atoms with Gasteiger partial charge in [-0.05, 0) is 66.2 Å². The Labute approximate surface area is 158 Å². The third-order valence-electron chi connectivity index (χ3n) is 3.49. The molecule has 0 radical (unpaired) electrons.